The largest absolute Gasteiger partial charge is 0.384 e. The van der Waals surface area contributed by atoms with Crippen LogP contribution in [0.15, 0.2) is 71.8 Å². The summed E-state index contributed by atoms with van der Waals surface area (Å²) in [5.74, 6) is 0.749. The first kappa shape index (κ1) is 25.2. The van der Waals surface area contributed by atoms with Gasteiger partial charge >= 0.3 is 0 Å². The Morgan fingerprint density at radius 2 is 1.69 bits per heavy atom. The minimum atomic E-state index is -3.29. The minimum absolute atomic E-state index is 0.0598. The Morgan fingerprint density at radius 1 is 1.00 bits per heavy atom. The number of aliphatic hydroxyl groups is 1. The summed E-state index contributed by atoms with van der Waals surface area (Å²) in [7, 11) is -3.29. The molecule has 0 aliphatic carbocycles. The van der Waals surface area contributed by atoms with Crippen molar-refractivity contribution < 1.29 is 13.5 Å². The number of aryl methyl sites for hydroxylation is 1. The van der Waals surface area contributed by atoms with E-state index >= 15 is 0 Å². The van der Waals surface area contributed by atoms with Gasteiger partial charge in [0, 0.05) is 16.8 Å². The Balaban J connectivity index is 1.86. The lowest BCUT2D eigenvalue weighted by Gasteiger charge is -2.15. The molecule has 0 fully saturated rings. The SMILES string of the molecule is CCS(=O)(=O)c1cccc(-c2ccc(-n3cc(C(C)(C)O)nc3-c3cccc(Cl)c3C)c(C)c2)c1. The first-order valence-corrected chi connectivity index (χ1v) is 13.5. The maximum absolute atomic E-state index is 12.4. The van der Waals surface area contributed by atoms with Crippen molar-refractivity contribution >= 4 is 21.4 Å². The number of hydrogen-bond acceptors (Lipinski definition) is 4. The Labute approximate surface area is 212 Å². The summed E-state index contributed by atoms with van der Waals surface area (Å²) < 4.78 is 26.7. The van der Waals surface area contributed by atoms with E-state index in [2.05, 4.69) is 0 Å². The van der Waals surface area contributed by atoms with Crippen LogP contribution in [0.25, 0.3) is 28.2 Å². The molecule has 7 heteroatoms. The van der Waals surface area contributed by atoms with E-state index in [9.17, 15) is 13.5 Å². The van der Waals surface area contributed by atoms with Gasteiger partial charge < -0.3 is 5.11 Å². The smallest absolute Gasteiger partial charge is 0.178 e. The van der Waals surface area contributed by atoms with Gasteiger partial charge in [0.05, 0.1) is 22.0 Å². The average Bonchev–Trinajstić information content (AvgIpc) is 3.26. The van der Waals surface area contributed by atoms with Gasteiger partial charge in [-0.15, -0.1) is 0 Å². The van der Waals surface area contributed by atoms with E-state index in [4.69, 9.17) is 16.6 Å². The Bertz CT molecular complexity index is 1520. The Morgan fingerprint density at radius 3 is 2.34 bits per heavy atom. The summed E-state index contributed by atoms with van der Waals surface area (Å²) in [6, 6.07) is 18.7. The molecule has 4 aromatic rings. The molecule has 0 radical (unpaired) electrons. The molecule has 0 saturated carbocycles. The highest BCUT2D eigenvalue weighted by Gasteiger charge is 2.24. The maximum atomic E-state index is 12.4. The molecule has 0 amide bonds. The van der Waals surface area contributed by atoms with E-state index in [1.807, 2.05) is 67.1 Å². The van der Waals surface area contributed by atoms with Crippen molar-refractivity contribution in [2.75, 3.05) is 5.75 Å². The molecule has 0 spiro atoms. The fourth-order valence-electron chi connectivity index (χ4n) is 4.04. The number of rotatable bonds is 6. The van der Waals surface area contributed by atoms with Gasteiger partial charge in [-0.2, -0.15) is 0 Å². The molecule has 0 bridgehead atoms. The summed E-state index contributed by atoms with van der Waals surface area (Å²) in [4.78, 5) is 5.11. The van der Waals surface area contributed by atoms with Crippen LogP contribution in [0.5, 0.6) is 0 Å². The zero-order valence-corrected chi connectivity index (χ0v) is 22.1. The van der Waals surface area contributed by atoms with Crippen molar-refractivity contribution in [2.45, 2.75) is 45.1 Å². The van der Waals surface area contributed by atoms with Gasteiger partial charge in [0.2, 0.25) is 0 Å². The highest BCUT2D eigenvalue weighted by Crippen LogP contribution is 2.34. The van der Waals surface area contributed by atoms with Crippen molar-refractivity contribution in [3.05, 3.63) is 88.7 Å². The second-order valence-electron chi connectivity index (χ2n) is 9.22. The quantitative estimate of drug-likeness (QED) is 0.323. The summed E-state index contributed by atoms with van der Waals surface area (Å²) in [5, 5.41) is 11.3. The van der Waals surface area contributed by atoms with Crippen LogP contribution < -0.4 is 0 Å². The van der Waals surface area contributed by atoms with E-state index in [-0.39, 0.29) is 5.75 Å². The number of sulfone groups is 1. The first-order valence-electron chi connectivity index (χ1n) is 11.4. The third-order valence-electron chi connectivity index (χ3n) is 6.20. The molecule has 1 N–H and O–H groups in total. The second kappa shape index (κ2) is 9.26. The topological polar surface area (TPSA) is 72.2 Å². The molecule has 4 rings (SSSR count). The molecule has 0 unspecified atom stereocenters. The molecule has 0 atom stereocenters. The van der Waals surface area contributed by atoms with E-state index in [1.54, 1.807) is 39.0 Å². The molecule has 35 heavy (non-hydrogen) atoms. The minimum Gasteiger partial charge on any atom is -0.384 e. The Hall–Kier alpha value is -2.93. The van der Waals surface area contributed by atoms with E-state index in [1.165, 1.54) is 0 Å². The molecular formula is C28H29ClN2O3S. The normalized spacial score (nSPS) is 12.2. The van der Waals surface area contributed by atoms with Gasteiger partial charge in [0.15, 0.2) is 9.84 Å². The molecule has 0 aliphatic rings. The highest BCUT2D eigenvalue weighted by molar-refractivity contribution is 7.91. The fourth-order valence-corrected chi connectivity index (χ4v) is 5.14. The van der Waals surface area contributed by atoms with Gasteiger partial charge in [0.25, 0.3) is 0 Å². The van der Waals surface area contributed by atoms with Crippen molar-refractivity contribution in [3.63, 3.8) is 0 Å². The van der Waals surface area contributed by atoms with Crippen LogP contribution in [-0.2, 0) is 15.4 Å². The maximum Gasteiger partial charge on any atom is 0.178 e. The number of imidazole rings is 1. The lowest BCUT2D eigenvalue weighted by atomic mass is 10.0. The third kappa shape index (κ3) is 4.92. The van der Waals surface area contributed by atoms with Crippen LogP contribution in [0.3, 0.4) is 0 Å². The van der Waals surface area contributed by atoms with Crippen LogP contribution in [-0.4, -0.2) is 28.8 Å². The van der Waals surface area contributed by atoms with Crippen molar-refractivity contribution in [1.29, 1.82) is 0 Å². The first-order chi connectivity index (χ1) is 16.4. The van der Waals surface area contributed by atoms with Gasteiger partial charge in [-0.25, -0.2) is 13.4 Å². The number of hydrogen-bond donors (Lipinski definition) is 1. The molecule has 182 valence electrons. The molecule has 5 nitrogen and oxygen atoms in total. The second-order valence-corrected chi connectivity index (χ2v) is 11.9. The van der Waals surface area contributed by atoms with Crippen LogP contribution in [0.4, 0.5) is 0 Å². The summed E-state index contributed by atoms with van der Waals surface area (Å²) in [6.07, 6.45) is 1.85. The van der Waals surface area contributed by atoms with Crippen molar-refractivity contribution in [1.82, 2.24) is 9.55 Å². The number of benzene rings is 3. The van der Waals surface area contributed by atoms with Crippen LogP contribution in [0, 0.1) is 13.8 Å². The third-order valence-corrected chi connectivity index (χ3v) is 8.35. The molecule has 1 aromatic heterocycles. The fraction of sp³-hybridized carbons (Fsp3) is 0.250. The molecular weight excluding hydrogens is 480 g/mol. The number of nitrogens with zero attached hydrogens (tertiary/aromatic N) is 2. The van der Waals surface area contributed by atoms with Gasteiger partial charge in [-0.05, 0) is 80.3 Å². The lowest BCUT2D eigenvalue weighted by molar-refractivity contribution is 0.0743. The predicted octanol–water partition coefficient (Wildman–Crippen LogP) is 6.50. The predicted molar refractivity (Wildman–Crippen MR) is 142 cm³/mol. The van der Waals surface area contributed by atoms with Crippen LogP contribution >= 0.6 is 11.6 Å². The van der Waals surface area contributed by atoms with Crippen molar-refractivity contribution in [2.24, 2.45) is 0 Å². The standard InChI is InChI=1S/C28H29ClN2O3S/c1-6-35(33,34)22-10-7-9-20(16-22)21-13-14-25(18(2)15-21)31-17-26(28(4,5)32)30-27(31)23-11-8-12-24(29)19(23)3/h7-17,32H,6H2,1-5H3. The molecule has 0 aliphatic heterocycles. The van der Waals surface area contributed by atoms with Crippen LogP contribution in [0.2, 0.25) is 5.02 Å². The van der Waals surface area contributed by atoms with Gasteiger partial charge in [-0.1, -0.05) is 48.9 Å². The number of halogens is 1. The summed E-state index contributed by atoms with van der Waals surface area (Å²) in [5.41, 5.74) is 4.86. The lowest BCUT2D eigenvalue weighted by Crippen LogP contribution is -2.15. The van der Waals surface area contributed by atoms with E-state index in [0.717, 1.165) is 33.5 Å². The van der Waals surface area contributed by atoms with E-state index in [0.29, 0.717) is 21.4 Å². The van der Waals surface area contributed by atoms with E-state index < -0.39 is 15.4 Å². The average molecular weight is 509 g/mol. The van der Waals surface area contributed by atoms with Gasteiger partial charge in [-0.3, -0.25) is 4.57 Å². The summed E-state index contributed by atoms with van der Waals surface area (Å²) >= 11 is 6.40. The molecule has 3 aromatic carbocycles. The zero-order valence-electron chi connectivity index (χ0n) is 20.5. The van der Waals surface area contributed by atoms with Crippen LogP contribution in [0.1, 0.15) is 37.6 Å². The summed E-state index contributed by atoms with van der Waals surface area (Å²) in [6.45, 7) is 9.02. The molecule has 1 heterocycles. The monoisotopic (exact) mass is 508 g/mol. The molecule has 0 saturated heterocycles. The number of aromatic nitrogens is 2. The van der Waals surface area contributed by atoms with Gasteiger partial charge in [0.1, 0.15) is 11.4 Å². The zero-order chi connectivity index (χ0) is 25.5. The van der Waals surface area contributed by atoms with Crippen molar-refractivity contribution in [3.8, 4) is 28.2 Å². The highest BCUT2D eigenvalue weighted by atomic mass is 35.5. The Kier molecular flexibility index (Phi) is 6.66.